The first-order valence-electron chi connectivity index (χ1n) is 18.5. The van der Waals surface area contributed by atoms with Gasteiger partial charge in [0.1, 0.15) is 36.6 Å². The van der Waals surface area contributed by atoms with Gasteiger partial charge in [-0.15, -0.1) is 0 Å². The van der Waals surface area contributed by atoms with Crippen molar-refractivity contribution in [2.24, 2.45) is 0 Å². The monoisotopic (exact) mass is 896 g/mol. The van der Waals surface area contributed by atoms with Crippen molar-refractivity contribution in [2.45, 2.75) is 166 Å². The van der Waals surface area contributed by atoms with Crippen LogP contribution in [0.1, 0.15) is 129 Å². The third-order valence-electron chi connectivity index (χ3n) is 8.29. The molecule has 0 bridgehead atoms. The van der Waals surface area contributed by atoms with Crippen molar-refractivity contribution in [2.75, 3.05) is 12.4 Å². The van der Waals surface area contributed by atoms with E-state index in [2.05, 4.69) is 20.5 Å². The van der Waals surface area contributed by atoms with Gasteiger partial charge in [-0.25, -0.2) is 18.3 Å². The topological polar surface area (TPSA) is 320 Å². The Balaban J connectivity index is 2.87. The van der Waals surface area contributed by atoms with E-state index in [4.69, 9.17) is 13.8 Å². The lowest BCUT2D eigenvalue weighted by molar-refractivity contribution is -0.164. The van der Waals surface area contributed by atoms with Crippen LogP contribution in [0.15, 0.2) is 0 Å². The van der Waals surface area contributed by atoms with E-state index in [0.717, 1.165) is 37.4 Å². The van der Waals surface area contributed by atoms with Gasteiger partial charge in [-0.1, -0.05) is 103 Å². The molecule has 1 fully saturated rings. The molecule has 0 saturated heterocycles. The molecule has 1 aliphatic carbocycles. The molecule has 20 nitrogen and oxygen atoms in total. The van der Waals surface area contributed by atoms with Gasteiger partial charge in [-0.2, -0.15) is 0 Å². The average Bonchev–Trinajstić information content (AvgIpc) is 3.04. The fraction of sp³-hybridized carbons (Fsp3) is 0.933. The van der Waals surface area contributed by atoms with Crippen molar-refractivity contribution in [3.05, 3.63) is 0 Å². The van der Waals surface area contributed by atoms with Gasteiger partial charge in [0.25, 0.3) is 0 Å². The van der Waals surface area contributed by atoms with Gasteiger partial charge in [-0.05, 0) is 19.3 Å². The second kappa shape index (κ2) is 26.9. The van der Waals surface area contributed by atoms with Crippen molar-refractivity contribution in [1.29, 1.82) is 0 Å². The lowest BCUT2D eigenvalue weighted by Gasteiger charge is -2.43. The van der Waals surface area contributed by atoms with Crippen molar-refractivity contribution in [3.63, 3.8) is 0 Å². The molecule has 8 N–H and O–H groups in total. The lowest BCUT2D eigenvalue weighted by atomic mass is 9.87. The average molecular weight is 897 g/mol. The van der Waals surface area contributed by atoms with E-state index in [-0.39, 0.29) is 23.7 Å². The highest BCUT2D eigenvalue weighted by atomic mass is 32.2. The maximum Gasteiger partial charge on any atom is 0.472 e. The van der Waals surface area contributed by atoms with Crippen LogP contribution in [0.4, 0.5) is 0 Å². The molecule has 326 valence electrons. The zero-order valence-corrected chi connectivity index (χ0v) is 35.7. The third kappa shape index (κ3) is 26.6. The summed E-state index contributed by atoms with van der Waals surface area (Å²) in [4.78, 5) is 91.2. The summed E-state index contributed by atoms with van der Waals surface area (Å²) in [5.41, 5.74) is 0. The summed E-state index contributed by atoms with van der Waals surface area (Å²) in [6.07, 6.45) is 1.32. The fourth-order valence-electron chi connectivity index (χ4n) is 5.74. The van der Waals surface area contributed by atoms with E-state index in [1.165, 1.54) is 51.4 Å². The Morgan fingerprint density at radius 1 is 0.636 bits per heavy atom. The van der Waals surface area contributed by atoms with Crippen LogP contribution in [0.25, 0.3) is 0 Å². The first-order valence-corrected chi connectivity index (χ1v) is 25.5. The molecule has 0 spiro atoms. The van der Waals surface area contributed by atoms with Crippen LogP contribution in [0, 0.1) is 0 Å². The number of phosphoric ester groups is 4. The van der Waals surface area contributed by atoms with Gasteiger partial charge in [0.05, 0.1) is 6.61 Å². The van der Waals surface area contributed by atoms with Crippen LogP contribution < -0.4 is 0 Å². The Labute approximate surface area is 326 Å². The summed E-state index contributed by atoms with van der Waals surface area (Å²) in [5, 5.41) is 10.7. The van der Waals surface area contributed by atoms with Crippen LogP contribution in [-0.4, -0.2) is 99.4 Å². The highest BCUT2D eigenvalue weighted by molar-refractivity contribution is 8.13. The number of thioether (sulfide) groups is 1. The maximum atomic E-state index is 13.0. The van der Waals surface area contributed by atoms with E-state index in [9.17, 15) is 67.2 Å². The molecule has 1 aliphatic rings. The maximum absolute atomic E-state index is 13.0. The van der Waals surface area contributed by atoms with Crippen LogP contribution in [0.5, 0.6) is 0 Å². The minimum absolute atomic E-state index is 0.00825. The normalized spacial score (nSPS) is 22.6. The molecule has 0 radical (unpaired) electrons. The molecular weight excluding hydrogens is 836 g/mol. The van der Waals surface area contributed by atoms with E-state index in [1.54, 1.807) is 0 Å². The zero-order chi connectivity index (χ0) is 41.7. The number of ether oxygens (including phenoxy) is 1. The minimum atomic E-state index is -5.65. The number of unbranched alkanes of at least 4 members (excludes halogenated alkanes) is 12. The van der Waals surface area contributed by atoms with Gasteiger partial charge in [0.15, 0.2) is 5.12 Å². The second-order valence-corrected chi connectivity index (χ2v) is 19.4. The van der Waals surface area contributed by atoms with Gasteiger partial charge < -0.3 is 44.1 Å². The lowest BCUT2D eigenvalue weighted by Crippen LogP contribution is -2.58. The van der Waals surface area contributed by atoms with Crippen LogP contribution in [0.2, 0.25) is 0 Å². The Morgan fingerprint density at radius 2 is 1.13 bits per heavy atom. The highest BCUT2D eigenvalue weighted by Gasteiger charge is 2.54. The quantitative estimate of drug-likeness (QED) is 0.0241. The van der Waals surface area contributed by atoms with Crippen LogP contribution in [0.3, 0.4) is 0 Å². The Kier molecular flexibility index (Phi) is 25.9. The van der Waals surface area contributed by atoms with Crippen molar-refractivity contribution in [3.8, 4) is 0 Å². The molecule has 1 rings (SSSR count). The number of hydrogen-bond acceptors (Lipinski definition) is 14. The number of rotatable bonds is 31. The van der Waals surface area contributed by atoms with Crippen LogP contribution >= 0.6 is 43.1 Å². The first-order chi connectivity index (χ1) is 25.6. The molecule has 7 atom stereocenters. The number of aliphatic hydroxyl groups excluding tert-OH is 1. The SMILES string of the molecule is CCCCCCCCCCCCCCCC(=O)O[C@H](CCSC(=O)CCC)COP(=O)(O)OC1C[C@@H](OP(=O)(O)O)C(OP(=O)(O)O)[C@@H](OP(=O)(O)O)[C@H]1O. The molecule has 0 aromatic carbocycles. The van der Waals surface area contributed by atoms with Crippen molar-refractivity contribution >= 4 is 54.1 Å². The summed E-state index contributed by atoms with van der Waals surface area (Å²) < 4.78 is 76.6. The van der Waals surface area contributed by atoms with E-state index in [1.807, 2.05) is 6.92 Å². The molecule has 0 aromatic rings. The molecule has 0 heterocycles. The molecule has 25 heteroatoms. The third-order valence-corrected chi connectivity index (χ3v) is 11.9. The van der Waals surface area contributed by atoms with Gasteiger partial charge in [0, 0.05) is 25.0 Å². The smallest absolute Gasteiger partial charge is 0.460 e. The number of aliphatic hydroxyl groups is 1. The van der Waals surface area contributed by atoms with Gasteiger partial charge >= 0.3 is 37.3 Å². The second-order valence-electron chi connectivity index (χ2n) is 13.3. The standard InChI is InChI=1S/C30H60O20P4S/c1-3-5-6-7-8-9-10-11-12-13-14-15-16-18-26(31)46-23(19-20-55-27(32)17-4-2)22-45-54(43,44)48-24-21-25(47-51(34,35)36)29(49-52(37,38)39)30(28(24)33)50-53(40,41)42/h23-25,28-30,33H,3-22H2,1-2H3,(H,43,44)(H2,34,35,36)(H2,37,38,39)(H2,40,41,42)/t23-,24?,25-,28+,29?,30+/m1/s1. The van der Waals surface area contributed by atoms with Crippen molar-refractivity contribution in [1.82, 2.24) is 0 Å². The highest BCUT2D eigenvalue weighted by Crippen LogP contribution is 2.53. The molecule has 0 aromatic heterocycles. The largest absolute Gasteiger partial charge is 0.472 e. The molecule has 55 heavy (non-hydrogen) atoms. The Bertz CT molecular complexity index is 1310. The van der Waals surface area contributed by atoms with Gasteiger partial charge in [0.2, 0.25) is 0 Å². The number of esters is 1. The van der Waals surface area contributed by atoms with E-state index >= 15 is 0 Å². The summed E-state index contributed by atoms with van der Waals surface area (Å²) in [5.74, 6) is -0.468. The molecule has 3 unspecified atom stereocenters. The Hall–Kier alpha value is -0.110. The van der Waals surface area contributed by atoms with Crippen LogP contribution in [-0.2, 0) is 55.2 Å². The molecule has 0 aliphatic heterocycles. The minimum Gasteiger partial charge on any atom is -0.460 e. The predicted octanol–water partition coefficient (Wildman–Crippen LogP) is 5.53. The number of phosphoric acid groups is 4. The number of carbonyl (C=O) groups excluding carboxylic acids is 2. The fourth-order valence-corrected chi connectivity index (χ4v) is 9.36. The summed E-state index contributed by atoms with van der Waals surface area (Å²) in [6, 6.07) is 0. The van der Waals surface area contributed by atoms with Gasteiger partial charge in [-0.3, -0.25) is 32.2 Å². The van der Waals surface area contributed by atoms with Crippen molar-refractivity contribution < 1.29 is 94.6 Å². The number of hydrogen-bond donors (Lipinski definition) is 8. The molecular formula is C30H60O20P4S. The summed E-state index contributed by atoms with van der Waals surface area (Å²) in [6.45, 7) is 3.25. The summed E-state index contributed by atoms with van der Waals surface area (Å²) >= 11 is 0.965. The Morgan fingerprint density at radius 3 is 1.62 bits per heavy atom. The first kappa shape index (κ1) is 52.9. The molecule has 1 saturated carbocycles. The number of carbonyl (C=O) groups is 2. The van der Waals surface area contributed by atoms with E-state index < -0.39 is 86.9 Å². The summed E-state index contributed by atoms with van der Waals surface area (Å²) in [7, 11) is -22.2. The predicted molar refractivity (Wildman–Crippen MR) is 199 cm³/mol. The zero-order valence-electron chi connectivity index (χ0n) is 31.3. The molecule has 0 amide bonds. The van der Waals surface area contributed by atoms with E-state index in [0.29, 0.717) is 19.3 Å².